The molecule has 1 aliphatic heterocycles. The summed E-state index contributed by atoms with van der Waals surface area (Å²) < 4.78 is 10.6. The van der Waals surface area contributed by atoms with Gasteiger partial charge in [-0.15, -0.1) is 0 Å². The van der Waals surface area contributed by atoms with Gasteiger partial charge in [0.25, 0.3) is 0 Å². The lowest BCUT2D eigenvalue weighted by atomic mass is 9.84. The van der Waals surface area contributed by atoms with Crippen LogP contribution < -0.4 is 14.8 Å². The molecule has 1 unspecified atom stereocenters. The first-order chi connectivity index (χ1) is 11.5. The Hall–Kier alpha value is -3.02. The molecule has 2 aromatic carbocycles. The molecule has 0 saturated carbocycles. The van der Waals surface area contributed by atoms with Gasteiger partial charge in [0.2, 0.25) is 5.91 Å². The zero-order chi connectivity index (χ0) is 17.3. The van der Waals surface area contributed by atoms with Crippen LogP contribution in [-0.2, 0) is 4.79 Å². The molecular weight excluding hydrogens is 310 g/mol. The number of nitrogens with one attached hydrogen (secondary N) is 1. The van der Waals surface area contributed by atoms with Crippen molar-refractivity contribution >= 4 is 17.6 Å². The summed E-state index contributed by atoms with van der Waals surface area (Å²) in [5.74, 6) is -0.277. The molecule has 1 atom stereocenters. The van der Waals surface area contributed by atoms with Gasteiger partial charge in [0.05, 0.1) is 19.8 Å². The van der Waals surface area contributed by atoms with Crippen molar-refractivity contribution in [1.29, 1.82) is 0 Å². The lowest BCUT2D eigenvalue weighted by Gasteiger charge is -2.27. The van der Waals surface area contributed by atoms with E-state index in [1.807, 2.05) is 12.1 Å². The lowest BCUT2D eigenvalue weighted by molar-refractivity contribution is -0.116. The summed E-state index contributed by atoms with van der Waals surface area (Å²) in [6, 6.07) is 10.2. The maximum absolute atomic E-state index is 12.1. The minimum Gasteiger partial charge on any atom is -0.493 e. The van der Waals surface area contributed by atoms with Gasteiger partial charge in [-0.25, -0.2) is 4.79 Å². The molecule has 0 bridgehead atoms. The molecule has 0 saturated heterocycles. The Balaban J connectivity index is 2.13. The summed E-state index contributed by atoms with van der Waals surface area (Å²) in [6.45, 7) is 0. The van der Waals surface area contributed by atoms with Gasteiger partial charge in [-0.3, -0.25) is 4.79 Å². The van der Waals surface area contributed by atoms with Crippen LogP contribution in [0, 0.1) is 0 Å². The molecule has 2 N–H and O–H groups in total. The molecule has 0 spiro atoms. The van der Waals surface area contributed by atoms with Gasteiger partial charge >= 0.3 is 5.97 Å². The fourth-order valence-corrected chi connectivity index (χ4v) is 2.97. The average Bonchev–Trinajstić information content (AvgIpc) is 2.59. The largest absolute Gasteiger partial charge is 0.493 e. The third-order valence-corrected chi connectivity index (χ3v) is 4.13. The third-order valence-electron chi connectivity index (χ3n) is 4.13. The predicted octanol–water partition coefficient (Wildman–Crippen LogP) is 2.88. The summed E-state index contributed by atoms with van der Waals surface area (Å²) in [5.41, 5.74) is 2.49. The second-order valence-corrected chi connectivity index (χ2v) is 5.53. The van der Waals surface area contributed by atoms with E-state index < -0.39 is 5.97 Å². The number of carboxylic acids is 1. The van der Waals surface area contributed by atoms with Crippen molar-refractivity contribution in [3.05, 3.63) is 53.1 Å². The molecule has 0 aliphatic carbocycles. The fraction of sp³-hybridized carbons (Fsp3) is 0.222. The van der Waals surface area contributed by atoms with Gasteiger partial charge in [-0.1, -0.05) is 12.1 Å². The predicted molar refractivity (Wildman–Crippen MR) is 88.0 cm³/mol. The van der Waals surface area contributed by atoms with Crippen LogP contribution in [0.25, 0.3) is 0 Å². The van der Waals surface area contributed by atoms with Crippen LogP contribution in [0.5, 0.6) is 11.5 Å². The van der Waals surface area contributed by atoms with E-state index >= 15 is 0 Å². The van der Waals surface area contributed by atoms with E-state index in [-0.39, 0.29) is 23.8 Å². The first-order valence-corrected chi connectivity index (χ1v) is 7.42. The Kier molecular flexibility index (Phi) is 4.12. The number of ether oxygens (including phenoxy) is 2. The van der Waals surface area contributed by atoms with E-state index in [1.54, 1.807) is 25.3 Å². The van der Waals surface area contributed by atoms with Crippen LogP contribution in [0.3, 0.4) is 0 Å². The Morgan fingerprint density at radius 1 is 1.17 bits per heavy atom. The van der Waals surface area contributed by atoms with Gasteiger partial charge in [0.1, 0.15) is 0 Å². The smallest absolute Gasteiger partial charge is 0.335 e. The Bertz CT molecular complexity index is 815. The molecule has 24 heavy (non-hydrogen) atoms. The summed E-state index contributed by atoms with van der Waals surface area (Å²) in [5, 5.41) is 12.0. The van der Waals surface area contributed by atoms with Crippen LogP contribution in [0.15, 0.2) is 36.4 Å². The standard InChI is InChI=1S/C18H17NO5/c1-23-15-7-13-12(10-4-3-5-11(6-10)18(21)22)8-17(20)19-14(13)9-16(15)24-2/h3-7,9,12H,8H2,1-2H3,(H,19,20)(H,21,22). The number of aromatic carboxylic acids is 1. The number of carbonyl (C=O) groups is 2. The minimum atomic E-state index is -0.996. The second kappa shape index (κ2) is 6.23. The monoisotopic (exact) mass is 327 g/mol. The van der Waals surface area contributed by atoms with E-state index in [2.05, 4.69) is 5.32 Å². The number of hydrogen-bond acceptors (Lipinski definition) is 4. The highest BCUT2D eigenvalue weighted by atomic mass is 16.5. The van der Waals surface area contributed by atoms with Crippen LogP contribution in [0.4, 0.5) is 5.69 Å². The first kappa shape index (κ1) is 15.9. The van der Waals surface area contributed by atoms with Crippen molar-refractivity contribution in [3.63, 3.8) is 0 Å². The maximum Gasteiger partial charge on any atom is 0.335 e. The number of carbonyl (C=O) groups excluding carboxylic acids is 1. The normalized spacial score (nSPS) is 16.1. The minimum absolute atomic E-state index is 0.125. The van der Waals surface area contributed by atoms with Crippen LogP contribution in [0.1, 0.15) is 33.8 Å². The van der Waals surface area contributed by atoms with E-state index in [0.717, 1.165) is 11.1 Å². The van der Waals surface area contributed by atoms with E-state index in [9.17, 15) is 14.7 Å². The fourth-order valence-electron chi connectivity index (χ4n) is 2.97. The zero-order valence-corrected chi connectivity index (χ0v) is 13.3. The van der Waals surface area contributed by atoms with Gasteiger partial charge in [-0.2, -0.15) is 0 Å². The van der Waals surface area contributed by atoms with E-state index in [1.165, 1.54) is 13.2 Å². The second-order valence-electron chi connectivity index (χ2n) is 5.53. The van der Waals surface area contributed by atoms with Gasteiger partial charge in [-0.05, 0) is 29.3 Å². The van der Waals surface area contributed by atoms with Crippen molar-refractivity contribution in [2.24, 2.45) is 0 Å². The molecule has 1 aliphatic rings. The number of methoxy groups -OCH3 is 2. The number of anilines is 1. The molecule has 1 amide bonds. The van der Waals surface area contributed by atoms with Gasteiger partial charge in [0, 0.05) is 24.1 Å². The zero-order valence-electron chi connectivity index (χ0n) is 13.3. The molecule has 0 fully saturated rings. The number of fused-ring (bicyclic) bond motifs is 1. The number of hydrogen-bond donors (Lipinski definition) is 2. The third kappa shape index (κ3) is 2.78. The number of carboxylic acid groups (broad SMARTS) is 1. The molecular formula is C18H17NO5. The number of amides is 1. The van der Waals surface area contributed by atoms with Gasteiger partial charge < -0.3 is 19.9 Å². The Morgan fingerprint density at radius 2 is 1.88 bits per heavy atom. The topological polar surface area (TPSA) is 84.9 Å². The Morgan fingerprint density at radius 3 is 2.54 bits per heavy atom. The number of rotatable bonds is 4. The molecule has 124 valence electrons. The van der Waals surface area contributed by atoms with E-state index in [0.29, 0.717) is 17.2 Å². The summed E-state index contributed by atoms with van der Waals surface area (Å²) >= 11 is 0. The summed E-state index contributed by atoms with van der Waals surface area (Å²) in [7, 11) is 3.08. The molecule has 6 heteroatoms. The average molecular weight is 327 g/mol. The van der Waals surface area contributed by atoms with Crippen molar-refractivity contribution < 1.29 is 24.2 Å². The molecule has 3 rings (SSSR count). The number of benzene rings is 2. The molecule has 1 heterocycles. The molecule has 2 aromatic rings. The molecule has 0 aromatic heterocycles. The van der Waals surface area contributed by atoms with Crippen LogP contribution >= 0.6 is 0 Å². The van der Waals surface area contributed by atoms with E-state index in [4.69, 9.17) is 9.47 Å². The van der Waals surface area contributed by atoms with Gasteiger partial charge in [0.15, 0.2) is 11.5 Å². The SMILES string of the molecule is COc1cc2c(cc1OC)C(c1cccc(C(=O)O)c1)CC(=O)N2. The highest BCUT2D eigenvalue weighted by Crippen LogP contribution is 2.43. The van der Waals surface area contributed by atoms with Crippen molar-refractivity contribution in [1.82, 2.24) is 0 Å². The quantitative estimate of drug-likeness (QED) is 0.902. The highest BCUT2D eigenvalue weighted by molar-refractivity contribution is 5.96. The van der Waals surface area contributed by atoms with Crippen molar-refractivity contribution in [3.8, 4) is 11.5 Å². The van der Waals surface area contributed by atoms with Crippen molar-refractivity contribution in [2.45, 2.75) is 12.3 Å². The lowest BCUT2D eigenvalue weighted by Crippen LogP contribution is -2.23. The van der Waals surface area contributed by atoms with Crippen molar-refractivity contribution in [2.75, 3.05) is 19.5 Å². The highest BCUT2D eigenvalue weighted by Gasteiger charge is 2.28. The van der Waals surface area contributed by atoms with Crippen LogP contribution in [0.2, 0.25) is 0 Å². The summed E-state index contributed by atoms with van der Waals surface area (Å²) in [4.78, 5) is 23.3. The van der Waals surface area contributed by atoms with Crippen LogP contribution in [-0.4, -0.2) is 31.2 Å². The molecule has 6 nitrogen and oxygen atoms in total. The summed E-state index contributed by atoms with van der Waals surface area (Å²) in [6.07, 6.45) is 0.242. The maximum atomic E-state index is 12.1. The Labute approximate surface area is 139 Å². The first-order valence-electron chi connectivity index (χ1n) is 7.42. The molecule has 0 radical (unpaired) electrons.